The summed E-state index contributed by atoms with van der Waals surface area (Å²) in [5.74, 6) is 0. The maximum absolute atomic E-state index is 6.04. The van der Waals surface area contributed by atoms with Gasteiger partial charge in [0.1, 0.15) is 0 Å². The number of pyridine rings is 1. The molecule has 94 valence electrons. The van der Waals surface area contributed by atoms with Crippen molar-refractivity contribution in [3.05, 3.63) is 77.7 Å². The Morgan fingerprint density at radius 1 is 1.11 bits per heavy atom. The van der Waals surface area contributed by atoms with E-state index < -0.39 is 0 Å². The molecule has 0 aliphatic carbocycles. The van der Waals surface area contributed by atoms with E-state index >= 15 is 0 Å². The van der Waals surface area contributed by atoms with Crippen molar-refractivity contribution in [1.82, 2.24) is 4.98 Å². The van der Waals surface area contributed by atoms with Gasteiger partial charge in [0.05, 0.1) is 0 Å². The molecule has 0 bridgehead atoms. The van der Waals surface area contributed by atoms with Crippen LogP contribution >= 0.6 is 11.6 Å². The molecule has 0 amide bonds. The van der Waals surface area contributed by atoms with Crippen LogP contribution < -0.4 is 4.90 Å². The zero-order chi connectivity index (χ0) is 13.1. The van der Waals surface area contributed by atoms with Crippen LogP contribution in [0.3, 0.4) is 0 Å². The number of nitrogens with zero attached hydrogens (tertiary/aromatic N) is 2. The van der Waals surface area contributed by atoms with E-state index in [1.807, 2.05) is 30.3 Å². The van der Waals surface area contributed by atoms with Gasteiger partial charge in [0.15, 0.2) is 0 Å². The topological polar surface area (TPSA) is 16.1 Å². The summed E-state index contributed by atoms with van der Waals surface area (Å²) in [6.45, 7) is 0.869. The molecule has 0 saturated heterocycles. The average Bonchev–Trinajstić information content (AvgIpc) is 2.48. The summed E-state index contributed by atoms with van der Waals surface area (Å²) in [6.07, 6.45) is 10.0. The number of halogens is 1. The van der Waals surface area contributed by atoms with Gasteiger partial charge in [-0.15, -0.1) is 0 Å². The van der Waals surface area contributed by atoms with Gasteiger partial charge in [-0.2, -0.15) is 0 Å². The molecule has 0 N–H and O–H groups in total. The summed E-state index contributed by atoms with van der Waals surface area (Å²) in [6, 6.07) is 11.9. The van der Waals surface area contributed by atoms with Crippen LogP contribution in [0.15, 0.2) is 67.1 Å². The number of hydrogen-bond acceptors (Lipinski definition) is 2. The first-order valence-electron chi connectivity index (χ1n) is 6.14. The fraction of sp³-hybridized carbons (Fsp3) is 0.0625. The van der Waals surface area contributed by atoms with Gasteiger partial charge in [-0.25, -0.2) is 0 Å². The molecule has 0 saturated carbocycles. The van der Waals surface area contributed by atoms with E-state index in [4.69, 9.17) is 11.6 Å². The minimum atomic E-state index is 0.757. The molecular formula is C16H13ClN2. The summed E-state index contributed by atoms with van der Waals surface area (Å²) in [4.78, 5) is 6.24. The van der Waals surface area contributed by atoms with Crippen LogP contribution in [0, 0.1) is 0 Å². The summed E-state index contributed by atoms with van der Waals surface area (Å²) in [7, 11) is 0. The van der Waals surface area contributed by atoms with Crippen LogP contribution in [-0.4, -0.2) is 11.5 Å². The van der Waals surface area contributed by atoms with Crippen LogP contribution in [0.25, 0.3) is 5.57 Å². The minimum Gasteiger partial charge on any atom is -0.343 e. The third kappa shape index (κ3) is 2.69. The number of hydrogen-bond donors (Lipinski definition) is 0. The van der Waals surface area contributed by atoms with Gasteiger partial charge in [0.2, 0.25) is 0 Å². The van der Waals surface area contributed by atoms with Crippen molar-refractivity contribution in [2.45, 2.75) is 0 Å². The fourth-order valence-corrected chi connectivity index (χ4v) is 2.30. The average molecular weight is 269 g/mol. The van der Waals surface area contributed by atoms with Gasteiger partial charge in [0, 0.05) is 35.8 Å². The summed E-state index contributed by atoms with van der Waals surface area (Å²) in [5.41, 5.74) is 3.42. The smallest absolute Gasteiger partial charge is 0.0440 e. The first-order valence-corrected chi connectivity index (χ1v) is 6.52. The molecule has 3 rings (SSSR count). The lowest BCUT2D eigenvalue weighted by atomic mass is 10.0. The number of benzene rings is 1. The molecule has 1 aliphatic heterocycles. The fourth-order valence-electron chi connectivity index (χ4n) is 2.11. The lowest BCUT2D eigenvalue weighted by Crippen LogP contribution is -2.18. The van der Waals surface area contributed by atoms with Gasteiger partial charge in [-0.1, -0.05) is 35.9 Å². The normalized spacial score (nSPS) is 14.4. The Bertz CT molecular complexity index is 632. The molecule has 3 heteroatoms. The van der Waals surface area contributed by atoms with Crippen LogP contribution in [0.2, 0.25) is 5.02 Å². The zero-order valence-electron chi connectivity index (χ0n) is 10.3. The maximum Gasteiger partial charge on any atom is 0.0440 e. The lowest BCUT2D eigenvalue weighted by Gasteiger charge is -2.23. The molecule has 19 heavy (non-hydrogen) atoms. The third-order valence-corrected chi connectivity index (χ3v) is 3.28. The molecule has 0 radical (unpaired) electrons. The quantitative estimate of drug-likeness (QED) is 0.813. The Morgan fingerprint density at radius 2 is 1.95 bits per heavy atom. The lowest BCUT2D eigenvalue weighted by molar-refractivity contribution is 1.07. The molecular weight excluding hydrogens is 256 g/mol. The Balaban J connectivity index is 1.94. The Kier molecular flexibility index (Phi) is 3.34. The second-order valence-corrected chi connectivity index (χ2v) is 4.79. The van der Waals surface area contributed by atoms with Crippen molar-refractivity contribution in [1.29, 1.82) is 0 Å². The first-order chi connectivity index (χ1) is 9.33. The Labute approximate surface area is 117 Å². The van der Waals surface area contributed by atoms with Gasteiger partial charge < -0.3 is 4.90 Å². The Morgan fingerprint density at radius 3 is 2.74 bits per heavy atom. The number of rotatable bonds is 2. The second kappa shape index (κ2) is 5.29. The monoisotopic (exact) mass is 268 g/mol. The van der Waals surface area contributed by atoms with Crippen molar-refractivity contribution in [3.8, 4) is 0 Å². The SMILES string of the molecule is Clc1cccc(C2=CN(c3ccncc3)CC=C2)c1. The number of aromatic nitrogens is 1. The predicted octanol–water partition coefficient (Wildman–Crippen LogP) is 4.15. The van der Waals surface area contributed by atoms with E-state index in [2.05, 4.69) is 34.3 Å². The highest BCUT2D eigenvalue weighted by Gasteiger charge is 2.09. The zero-order valence-corrected chi connectivity index (χ0v) is 11.1. The number of allylic oxidation sites excluding steroid dienone is 2. The van der Waals surface area contributed by atoms with E-state index in [9.17, 15) is 0 Å². The van der Waals surface area contributed by atoms with Crippen LogP contribution in [0.1, 0.15) is 5.56 Å². The highest BCUT2D eigenvalue weighted by molar-refractivity contribution is 6.30. The molecule has 1 aromatic carbocycles. The van der Waals surface area contributed by atoms with Crippen molar-refractivity contribution in [2.75, 3.05) is 11.4 Å². The van der Waals surface area contributed by atoms with E-state index in [0.717, 1.165) is 28.4 Å². The van der Waals surface area contributed by atoms with E-state index in [-0.39, 0.29) is 0 Å². The second-order valence-electron chi connectivity index (χ2n) is 4.35. The first kappa shape index (κ1) is 12.0. The third-order valence-electron chi connectivity index (χ3n) is 3.05. The summed E-state index contributed by atoms with van der Waals surface area (Å²) < 4.78 is 0. The van der Waals surface area contributed by atoms with Crippen molar-refractivity contribution >= 4 is 22.9 Å². The molecule has 0 unspecified atom stereocenters. The van der Waals surface area contributed by atoms with Crippen molar-refractivity contribution < 1.29 is 0 Å². The van der Waals surface area contributed by atoms with Crippen molar-refractivity contribution in [3.63, 3.8) is 0 Å². The molecule has 1 aliphatic rings. The summed E-state index contributed by atoms with van der Waals surface area (Å²) >= 11 is 6.04. The molecule has 2 heterocycles. The molecule has 2 aromatic rings. The minimum absolute atomic E-state index is 0.757. The Hall–Kier alpha value is -2.06. The van der Waals surface area contributed by atoms with E-state index in [1.54, 1.807) is 12.4 Å². The molecule has 1 aromatic heterocycles. The standard InChI is InChI=1S/C16H13ClN2/c17-15-5-1-3-13(11-15)14-4-2-10-19(12-14)16-6-8-18-9-7-16/h1-9,11-12H,10H2. The van der Waals surface area contributed by atoms with Crippen LogP contribution in [0.4, 0.5) is 5.69 Å². The number of anilines is 1. The van der Waals surface area contributed by atoms with E-state index in [1.165, 1.54) is 0 Å². The van der Waals surface area contributed by atoms with Gasteiger partial charge in [-0.05, 0) is 35.4 Å². The maximum atomic E-state index is 6.04. The van der Waals surface area contributed by atoms with Gasteiger partial charge >= 0.3 is 0 Å². The van der Waals surface area contributed by atoms with Crippen LogP contribution in [-0.2, 0) is 0 Å². The van der Waals surface area contributed by atoms with Crippen molar-refractivity contribution in [2.24, 2.45) is 0 Å². The van der Waals surface area contributed by atoms with Crippen LogP contribution in [0.5, 0.6) is 0 Å². The molecule has 0 spiro atoms. The van der Waals surface area contributed by atoms with Gasteiger partial charge in [0.25, 0.3) is 0 Å². The summed E-state index contributed by atoms with van der Waals surface area (Å²) in [5, 5.41) is 0.757. The molecule has 2 nitrogen and oxygen atoms in total. The predicted molar refractivity (Wildman–Crippen MR) is 80.2 cm³/mol. The molecule has 0 fully saturated rings. The highest BCUT2D eigenvalue weighted by atomic mass is 35.5. The largest absolute Gasteiger partial charge is 0.343 e. The molecule has 0 atom stereocenters. The van der Waals surface area contributed by atoms with E-state index in [0.29, 0.717) is 0 Å². The highest BCUT2D eigenvalue weighted by Crippen LogP contribution is 2.25. The van der Waals surface area contributed by atoms with Gasteiger partial charge in [-0.3, -0.25) is 4.98 Å².